The molecule has 0 radical (unpaired) electrons. The van der Waals surface area contributed by atoms with Crippen LogP contribution in [0.4, 0.5) is 0 Å². The summed E-state index contributed by atoms with van der Waals surface area (Å²) in [6.07, 6.45) is 0. The molecule has 0 aliphatic heterocycles. The van der Waals surface area contributed by atoms with Crippen molar-refractivity contribution in [2.75, 3.05) is 7.11 Å². The van der Waals surface area contributed by atoms with Gasteiger partial charge in [-0.2, -0.15) is 0 Å². The average molecular weight is 273 g/mol. The molecule has 0 unspecified atom stereocenters. The Morgan fingerprint density at radius 3 is 2.63 bits per heavy atom. The Labute approximate surface area is 119 Å². The molecular weight excluding hydrogens is 254 g/mol. The summed E-state index contributed by atoms with van der Waals surface area (Å²) in [6, 6.07) is 14.7. The van der Waals surface area contributed by atoms with Crippen LogP contribution < -0.4 is 10.5 Å². The second-order valence-electron chi connectivity index (χ2n) is 4.40. The maximum Gasteiger partial charge on any atom is 0.123 e. The summed E-state index contributed by atoms with van der Waals surface area (Å²) >= 11 is 1.85. The number of ether oxygens (including phenoxy) is 1. The van der Waals surface area contributed by atoms with E-state index in [0.717, 1.165) is 17.1 Å². The van der Waals surface area contributed by atoms with E-state index in [9.17, 15) is 0 Å². The lowest BCUT2D eigenvalue weighted by Gasteiger charge is -2.10. The van der Waals surface area contributed by atoms with Gasteiger partial charge in [0.05, 0.1) is 7.11 Å². The van der Waals surface area contributed by atoms with E-state index in [1.165, 1.54) is 16.0 Å². The van der Waals surface area contributed by atoms with Gasteiger partial charge in [0.1, 0.15) is 5.75 Å². The van der Waals surface area contributed by atoms with Crippen LogP contribution in [0.25, 0.3) is 0 Å². The van der Waals surface area contributed by atoms with Crippen LogP contribution in [-0.2, 0) is 12.3 Å². The Morgan fingerprint density at radius 2 is 1.95 bits per heavy atom. The van der Waals surface area contributed by atoms with E-state index < -0.39 is 0 Å². The van der Waals surface area contributed by atoms with Gasteiger partial charge in [0.2, 0.25) is 0 Å². The molecule has 2 aromatic rings. The molecule has 0 aromatic heterocycles. The first-order chi connectivity index (χ1) is 9.24. The number of thioether (sulfide) groups is 1. The minimum absolute atomic E-state index is 0.508. The van der Waals surface area contributed by atoms with Crippen molar-refractivity contribution in [1.29, 1.82) is 0 Å². The van der Waals surface area contributed by atoms with Crippen LogP contribution in [-0.4, -0.2) is 7.11 Å². The number of benzene rings is 2. The van der Waals surface area contributed by atoms with Crippen LogP contribution in [0.1, 0.15) is 16.7 Å². The number of aryl methyl sites for hydroxylation is 1. The van der Waals surface area contributed by atoms with Crippen LogP contribution in [0.3, 0.4) is 0 Å². The topological polar surface area (TPSA) is 35.2 Å². The SMILES string of the molecule is COc1cc(CSc2ccccc2C)ccc1CN. The zero-order chi connectivity index (χ0) is 13.7. The highest BCUT2D eigenvalue weighted by molar-refractivity contribution is 7.98. The summed E-state index contributed by atoms with van der Waals surface area (Å²) < 4.78 is 5.36. The lowest BCUT2D eigenvalue weighted by molar-refractivity contribution is 0.409. The van der Waals surface area contributed by atoms with Crippen LogP contribution >= 0.6 is 11.8 Å². The number of hydrogen-bond acceptors (Lipinski definition) is 3. The second-order valence-corrected chi connectivity index (χ2v) is 5.42. The number of rotatable bonds is 5. The van der Waals surface area contributed by atoms with Crippen molar-refractivity contribution in [3.8, 4) is 5.75 Å². The van der Waals surface area contributed by atoms with Crippen molar-refractivity contribution in [2.45, 2.75) is 24.1 Å². The van der Waals surface area contributed by atoms with Gasteiger partial charge in [0.25, 0.3) is 0 Å². The van der Waals surface area contributed by atoms with Gasteiger partial charge in [0, 0.05) is 22.8 Å². The van der Waals surface area contributed by atoms with Gasteiger partial charge in [-0.1, -0.05) is 30.3 Å². The van der Waals surface area contributed by atoms with E-state index in [2.05, 4.69) is 43.3 Å². The third-order valence-corrected chi connectivity index (χ3v) is 4.31. The van der Waals surface area contributed by atoms with Gasteiger partial charge in [-0.15, -0.1) is 11.8 Å². The largest absolute Gasteiger partial charge is 0.496 e. The van der Waals surface area contributed by atoms with E-state index in [0.29, 0.717) is 6.54 Å². The van der Waals surface area contributed by atoms with Gasteiger partial charge in [-0.25, -0.2) is 0 Å². The predicted molar refractivity (Wildman–Crippen MR) is 81.6 cm³/mol. The smallest absolute Gasteiger partial charge is 0.123 e. The first kappa shape index (κ1) is 14.0. The lowest BCUT2D eigenvalue weighted by atomic mass is 10.1. The summed E-state index contributed by atoms with van der Waals surface area (Å²) in [4.78, 5) is 1.32. The monoisotopic (exact) mass is 273 g/mol. The van der Waals surface area contributed by atoms with E-state index in [4.69, 9.17) is 10.5 Å². The van der Waals surface area contributed by atoms with Crippen molar-refractivity contribution < 1.29 is 4.74 Å². The van der Waals surface area contributed by atoms with Crippen LogP contribution in [0.5, 0.6) is 5.75 Å². The highest BCUT2D eigenvalue weighted by Crippen LogP contribution is 2.28. The molecule has 0 aliphatic rings. The summed E-state index contributed by atoms with van der Waals surface area (Å²) in [5.74, 6) is 1.82. The van der Waals surface area contributed by atoms with Crippen LogP contribution in [0.15, 0.2) is 47.4 Å². The summed E-state index contributed by atoms with van der Waals surface area (Å²) in [5.41, 5.74) is 9.29. The fourth-order valence-corrected chi connectivity index (χ4v) is 2.90. The van der Waals surface area contributed by atoms with Crippen LogP contribution in [0, 0.1) is 6.92 Å². The molecule has 2 nitrogen and oxygen atoms in total. The number of hydrogen-bond donors (Lipinski definition) is 1. The minimum Gasteiger partial charge on any atom is -0.496 e. The van der Waals surface area contributed by atoms with Gasteiger partial charge >= 0.3 is 0 Å². The molecule has 0 saturated carbocycles. The van der Waals surface area contributed by atoms with Crippen molar-refractivity contribution in [3.05, 3.63) is 59.2 Å². The molecular formula is C16H19NOS. The first-order valence-electron chi connectivity index (χ1n) is 6.29. The predicted octanol–water partition coefficient (Wildman–Crippen LogP) is 3.75. The van der Waals surface area contributed by atoms with Crippen molar-refractivity contribution in [2.24, 2.45) is 5.73 Å². The second kappa shape index (κ2) is 6.64. The molecule has 3 heteroatoms. The highest BCUT2D eigenvalue weighted by atomic mass is 32.2. The molecule has 0 bridgehead atoms. The Balaban J connectivity index is 2.10. The van der Waals surface area contributed by atoms with Crippen LogP contribution in [0.2, 0.25) is 0 Å². The van der Waals surface area contributed by atoms with Crippen molar-refractivity contribution in [1.82, 2.24) is 0 Å². The molecule has 2 aromatic carbocycles. The maximum absolute atomic E-state index is 5.68. The van der Waals surface area contributed by atoms with E-state index >= 15 is 0 Å². The lowest BCUT2D eigenvalue weighted by Crippen LogP contribution is -2.00. The highest BCUT2D eigenvalue weighted by Gasteiger charge is 2.04. The Bertz CT molecular complexity index is 554. The van der Waals surface area contributed by atoms with Crippen molar-refractivity contribution >= 4 is 11.8 Å². The quantitative estimate of drug-likeness (QED) is 0.843. The van der Waals surface area contributed by atoms with Gasteiger partial charge in [-0.3, -0.25) is 0 Å². The third kappa shape index (κ3) is 3.52. The zero-order valence-corrected chi connectivity index (χ0v) is 12.2. The fourth-order valence-electron chi connectivity index (χ4n) is 1.93. The zero-order valence-electron chi connectivity index (χ0n) is 11.3. The maximum atomic E-state index is 5.68. The third-order valence-electron chi connectivity index (χ3n) is 3.06. The molecule has 0 heterocycles. The number of nitrogens with two attached hydrogens (primary N) is 1. The molecule has 100 valence electrons. The normalized spacial score (nSPS) is 10.5. The molecule has 0 fully saturated rings. The molecule has 0 aliphatic carbocycles. The van der Waals surface area contributed by atoms with E-state index in [-0.39, 0.29) is 0 Å². The summed E-state index contributed by atoms with van der Waals surface area (Å²) in [6.45, 7) is 2.65. The minimum atomic E-state index is 0.508. The van der Waals surface area contributed by atoms with Crippen molar-refractivity contribution in [3.63, 3.8) is 0 Å². The van der Waals surface area contributed by atoms with Gasteiger partial charge in [0.15, 0.2) is 0 Å². The molecule has 0 saturated heterocycles. The van der Waals surface area contributed by atoms with E-state index in [1.54, 1.807) is 7.11 Å². The standard InChI is InChI=1S/C16H19NOS/c1-12-5-3-4-6-16(12)19-11-13-7-8-14(10-17)15(9-13)18-2/h3-9H,10-11,17H2,1-2H3. The Hall–Kier alpha value is -1.45. The molecule has 0 amide bonds. The molecule has 19 heavy (non-hydrogen) atoms. The van der Waals surface area contributed by atoms with Gasteiger partial charge < -0.3 is 10.5 Å². The molecule has 2 rings (SSSR count). The fraction of sp³-hybridized carbons (Fsp3) is 0.250. The van der Waals surface area contributed by atoms with Gasteiger partial charge in [-0.05, 0) is 30.2 Å². The average Bonchev–Trinajstić information content (AvgIpc) is 2.46. The molecule has 0 spiro atoms. The first-order valence-corrected chi connectivity index (χ1v) is 7.27. The summed E-state index contributed by atoms with van der Waals surface area (Å²) in [5, 5.41) is 0. The summed E-state index contributed by atoms with van der Waals surface area (Å²) in [7, 11) is 1.69. The Morgan fingerprint density at radius 1 is 1.16 bits per heavy atom. The Kier molecular flexibility index (Phi) is 4.88. The molecule has 2 N–H and O–H groups in total. The molecule has 0 atom stereocenters. The number of methoxy groups -OCH3 is 1. The van der Waals surface area contributed by atoms with E-state index in [1.807, 2.05) is 17.8 Å².